The Labute approximate surface area is 121 Å². The molecule has 0 amide bonds. The van der Waals surface area contributed by atoms with E-state index in [0.717, 1.165) is 16.3 Å². The first-order valence-corrected chi connectivity index (χ1v) is 7.36. The molecule has 2 nitrogen and oxygen atoms in total. The third kappa shape index (κ3) is 3.53. The van der Waals surface area contributed by atoms with Crippen molar-refractivity contribution in [3.8, 4) is 0 Å². The fraction of sp³-hybridized carbons (Fsp3) is 0.357. The van der Waals surface area contributed by atoms with Gasteiger partial charge in [-0.1, -0.05) is 17.7 Å². The number of halogens is 2. The molecule has 5 heteroatoms. The first-order valence-electron chi connectivity index (χ1n) is 6.10. The number of nitrogens with zero attached hydrogens (tertiary/aromatic N) is 1. The van der Waals surface area contributed by atoms with E-state index in [0.29, 0.717) is 5.02 Å². The van der Waals surface area contributed by atoms with E-state index in [1.165, 1.54) is 12.1 Å². The molecule has 1 N–H and O–H groups in total. The second-order valence-corrected chi connectivity index (χ2v) is 6.04. The molecule has 0 aliphatic rings. The van der Waals surface area contributed by atoms with Gasteiger partial charge >= 0.3 is 0 Å². The predicted molar refractivity (Wildman–Crippen MR) is 78.4 cm³/mol. The first kappa shape index (κ1) is 14.4. The number of hydrogen-bond donors (Lipinski definition) is 1. The van der Waals surface area contributed by atoms with Crippen molar-refractivity contribution in [2.75, 3.05) is 0 Å². The van der Waals surface area contributed by atoms with Crippen LogP contribution < -0.4 is 5.32 Å². The third-order valence-corrected chi connectivity index (χ3v) is 4.01. The summed E-state index contributed by atoms with van der Waals surface area (Å²) in [5, 5.41) is 6.80. The summed E-state index contributed by atoms with van der Waals surface area (Å²) in [4.78, 5) is 4.51. The quantitative estimate of drug-likeness (QED) is 0.908. The summed E-state index contributed by atoms with van der Waals surface area (Å²) in [5.41, 5.74) is 1.83. The van der Waals surface area contributed by atoms with E-state index in [9.17, 15) is 4.39 Å². The first-order chi connectivity index (χ1) is 8.97. The zero-order valence-electron chi connectivity index (χ0n) is 11.1. The molecule has 0 fully saturated rings. The molecular weight excluding hydrogens is 283 g/mol. The third-order valence-electron chi connectivity index (χ3n) is 2.66. The number of rotatable bonds is 4. The molecule has 102 valence electrons. The molecule has 1 atom stereocenters. The van der Waals surface area contributed by atoms with Gasteiger partial charge in [0.1, 0.15) is 10.8 Å². The Hall–Kier alpha value is -0.970. The van der Waals surface area contributed by atoms with Crippen molar-refractivity contribution in [2.45, 2.75) is 32.9 Å². The summed E-state index contributed by atoms with van der Waals surface area (Å²) >= 11 is 7.74. The van der Waals surface area contributed by atoms with Crippen molar-refractivity contribution >= 4 is 22.9 Å². The molecule has 0 saturated heterocycles. The molecule has 1 aromatic carbocycles. The van der Waals surface area contributed by atoms with Crippen LogP contribution in [0.3, 0.4) is 0 Å². The normalized spacial score (nSPS) is 12.9. The highest BCUT2D eigenvalue weighted by Crippen LogP contribution is 2.31. The Morgan fingerprint density at radius 1 is 1.37 bits per heavy atom. The molecule has 0 bridgehead atoms. The molecule has 1 aromatic heterocycles. The summed E-state index contributed by atoms with van der Waals surface area (Å²) < 4.78 is 13.2. The maximum absolute atomic E-state index is 13.2. The van der Waals surface area contributed by atoms with Gasteiger partial charge in [0.25, 0.3) is 0 Å². The van der Waals surface area contributed by atoms with E-state index in [4.69, 9.17) is 11.6 Å². The molecule has 2 rings (SSSR count). The second-order valence-electron chi connectivity index (χ2n) is 4.75. The van der Waals surface area contributed by atoms with Gasteiger partial charge in [-0.15, -0.1) is 11.3 Å². The van der Waals surface area contributed by atoms with Crippen molar-refractivity contribution < 1.29 is 4.39 Å². The van der Waals surface area contributed by atoms with Crippen molar-refractivity contribution in [1.82, 2.24) is 10.3 Å². The van der Waals surface area contributed by atoms with Crippen LogP contribution in [0.4, 0.5) is 4.39 Å². The van der Waals surface area contributed by atoms with Gasteiger partial charge in [0, 0.05) is 22.1 Å². The van der Waals surface area contributed by atoms with Gasteiger partial charge in [-0.3, -0.25) is 0 Å². The molecule has 0 aliphatic carbocycles. The van der Waals surface area contributed by atoms with Crippen LogP contribution in [0, 0.1) is 12.7 Å². The minimum Gasteiger partial charge on any atom is -0.302 e. The van der Waals surface area contributed by atoms with Gasteiger partial charge in [0.05, 0.1) is 6.04 Å². The van der Waals surface area contributed by atoms with Crippen molar-refractivity contribution in [2.24, 2.45) is 0 Å². The summed E-state index contributed by atoms with van der Waals surface area (Å²) in [6.07, 6.45) is 0. The number of thiazole rings is 1. The van der Waals surface area contributed by atoms with E-state index in [1.807, 2.05) is 12.3 Å². The number of benzene rings is 1. The van der Waals surface area contributed by atoms with Crippen LogP contribution in [0.15, 0.2) is 23.6 Å². The van der Waals surface area contributed by atoms with E-state index < -0.39 is 0 Å². The minimum atomic E-state index is -0.327. The van der Waals surface area contributed by atoms with Gasteiger partial charge in [-0.05, 0) is 38.5 Å². The average Bonchev–Trinajstić information content (AvgIpc) is 2.73. The number of aromatic nitrogens is 1. The summed E-state index contributed by atoms with van der Waals surface area (Å²) in [6, 6.07) is 4.65. The van der Waals surface area contributed by atoms with Crippen LogP contribution >= 0.6 is 22.9 Å². The standard InChI is InChI=1S/C14H16ClFN2S/c1-8(2)17-13(14-18-9(3)7-19-14)11-5-4-10(16)6-12(11)15/h4-8,13,17H,1-3H3. The van der Waals surface area contributed by atoms with Gasteiger partial charge in [0.15, 0.2) is 0 Å². The number of aryl methyl sites for hydroxylation is 1. The Balaban J connectivity index is 2.42. The zero-order valence-corrected chi connectivity index (χ0v) is 12.6. The highest BCUT2D eigenvalue weighted by molar-refractivity contribution is 7.09. The van der Waals surface area contributed by atoms with Gasteiger partial charge in [0.2, 0.25) is 0 Å². The van der Waals surface area contributed by atoms with Crippen LogP contribution in [0.1, 0.15) is 36.2 Å². The zero-order chi connectivity index (χ0) is 14.0. The van der Waals surface area contributed by atoms with E-state index >= 15 is 0 Å². The lowest BCUT2D eigenvalue weighted by molar-refractivity contribution is 0.525. The fourth-order valence-electron chi connectivity index (χ4n) is 1.87. The molecule has 2 aromatic rings. The lowest BCUT2D eigenvalue weighted by atomic mass is 10.1. The monoisotopic (exact) mass is 298 g/mol. The Morgan fingerprint density at radius 2 is 2.11 bits per heavy atom. The molecule has 19 heavy (non-hydrogen) atoms. The van der Waals surface area contributed by atoms with Crippen LogP contribution in [0.2, 0.25) is 5.02 Å². The van der Waals surface area contributed by atoms with E-state index in [1.54, 1.807) is 17.4 Å². The molecule has 0 radical (unpaired) electrons. The van der Waals surface area contributed by atoms with Crippen molar-refractivity contribution in [3.05, 3.63) is 50.7 Å². The minimum absolute atomic E-state index is 0.105. The SMILES string of the molecule is Cc1csc(C(NC(C)C)c2ccc(F)cc2Cl)n1. The number of hydrogen-bond acceptors (Lipinski definition) is 3. The summed E-state index contributed by atoms with van der Waals surface area (Å²) in [7, 11) is 0. The maximum Gasteiger partial charge on any atom is 0.124 e. The summed E-state index contributed by atoms with van der Waals surface area (Å²) in [5.74, 6) is -0.327. The highest BCUT2D eigenvalue weighted by atomic mass is 35.5. The summed E-state index contributed by atoms with van der Waals surface area (Å²) in [6.45, 7) is 6.08. The Morgan fingerprint density at radius 3 is 2.63 bits per heavy atom. The van der Waals surface area contributed by atoms with E-state index in [-0.39, 0.29) is 17.9 Å². The molecule has 1 heterocycles. The highest BCUT2D eigenvalue weighted by Gasteiger charge is 2.21. The lowest BCUT2D eigenvalue weighted by Gasteiger charge is -2.20. The number of nitrogens with one attached hydrogen (secondary N) is 1. The lowest BCUT2D eigenvalue weighted by Crippen LogP contribution is -2.29. The Kier molecular flexibility index (Phi) is 4.55. The molecular formula is C14H16ClFN2S. The van der Waals surface area contributed by atoms with Gasteiger partial charge < -0.3 is 5.32 Å². The van der Waals surface area contributed by atoms with Gasteiger partial charge in [-0.25, -0.2) is 9.37 Å². The van der Waals surface area contributed by atoms with Crippen molar-refractivity contribution in [1.29, 1.82) is 0 Å². The fourth-order valence-corrected chi connectivity index (χ4v) is 3.02. The van der Waals surface area contributed by atoms with Crippen LogP contribution in [0.5, 0.6) is 0 Å². The average molecular weight is 299 g/mol. The topological polar surface area (TPSA) is 24.9 Å². The largest absolute Gasteiger partial charge is 0.302 e. The van der Waals surface area contributed by atoms with Crippen LogP contribution in [0.25, 0.3) is 0 Å². The molecule has 0 spiro atoms. The Bertz CT molecular complexity index is 568. The predicted octanol–water partition coefficient (Wildman–Crippen LogP) is 4.33. The molecule has 0 aliphatic heterocycles. The van der Waals surface area contributed by atoms with Gasteiger partial charge in [-0.2, -0.15) is 0 Å². The van der Waals surface area contributed by atoms with E-state index in [2.05, 4.69) is 24.1 Å². The maximum atomic E-state index is 13.2. The van der Waals surface area contributed by atoms with Crippen molar-refractivity contribution in [3.63, 3.8) is 0 Å². The molecule has 1 unspecified atom stereocenters. The molecule has 0 saturated carbocycles. The second kappa shape index (κ2) is 5.99. The smallest absolute Gasteiger partial charge is 0.124 e. The van der Waals surface area contributed by atoms with Crippen LogP contribution in [-0.2, 0) is 0 Å². The van der Waals surface area contributed by atoms with Crippen LogP contribution in [-0.4, -0.2) is 11.0 Å².